The van der Waals surface area contributed by atoms with Crippen molar-refractivity contribution < 1.29 is 0 Å². The number of rotatable bonds is 7. The van der Waals surface area contributed by atoms with Gasteiger partial charge in [-0.15, -0.1) is 0 Å². The van der Waals surface area contributed by atoms with E-state index in [4.69, 9.17) is 5.26 Å². The van der Waals surface area contributed by atoms with Crippen molar-refractivity contribution in [3.8, 4) is 6.07 Å². The van der Waals surface area contributed by atoms with Gasteiger partial charge in [-0.3, -0.25) is 0 Å². The van der Waals surface area contributed by atoms with Crippen LogP contribution in [0.15, 0.2) is 42.9 Å². The minimum atomic E-state index is 0.417. The minimum absolute atomic E-state index is 0.417. The molecule has 1 aromatic carbocycles. The van der Waals surface area contributed by atoms with Gasteiger partial charge >= 0.3 is 0 Å². The van der Waals surface area contributed by atoms with E-state index in [0.717, 1.165) is 36.2 Å². The highest BCUT2D eigenvalue weighted by Gasteiger charge is 2.09. The van der Waals surface area contributed by atoms with Gasteiger partial charge in [0.25, 0.3) is 0 Å². The topological polar surface area (TPSA) is 79.4 Å². The number of aromatic nitrogens is 4. The lowest BCUT2D eigenvalue weighted by atomic mass is 10.1. The first-order chi connectivity index (χ1) is 11.4. The summed E-state index contributed by atoms with van der Waals surface area (Å²) in [5.41, 5.74) is 2.10. The maximum Gasteiger partial charge on any atom is 0.163 e. The molecule has 0 saturated carbocycles. The molecule has 1 N–H and O–H groups in total. The summed E-state index contributed by atoms with van der Waals surface area (Å²) in [5, 5.41) is 17.2. The van der Waals surface area contributed by atoms with E-state index in [2.05, 4.69) is 50.7 Å². The van der Waals surface area contributed by atoms with Gasteiger partial charge in [-0.2, -0.15) is 10.4 Å². The van der Waals surface area contributed by atoms with Crippen molar-refractivity contribution >= 4 is 16.9 Å². The molecule has 0 aliphatic rings. The second kappa shape index (κ2) is 7.36. The lowest BCUT2D eigenvalue weighted by Gasteiger charge is -2.06. The largest absolute Gasteiger partial charge is 0.369 e. The fourth-order valence-electron chi connectivity index (χ4n) is 2.50. The molecule has 3 aromatic rings. The Balaban J connectivity index is 1.62. The van der Waals surface area contributed by atoms with Gasteiger partial charge in [0.1, 0.15) is 12.1 Å². The number of nitrogens with zero attached hydrogens (tertiary/aromatic N) is 5. The predicted octanol–water partition coefficient (Wildman–Crippen LogP) is 2.78. The van der Waals surface area contributed by atoms with Crippen LogP contribution in [-0.2, 0) is 13.0 Å². The fraction of sp³-hybridized carbons (Fsp3) is 0.294. The van der Waals surface area contributed by atoms with Crippen LogP contribution in [0.3, 0.4) is 0 Å². The van der Waals surface area contributed by atoms with Crippen LogP contribution < -0.4 is 5.32 Å². The Labute approximate surface area is 134 Å². The van der Waals surface area contributed by atoms with E-state index in [9.17, 15) is 0 Å². The number of nitriles is 1. The second-order valence-corrected chi connectivity index (χ2v) is 5.25. The molecular weight excluding hydrogens is 288 g/mol. The first-order valence-electron chi connectivity index (χ1n) is 7.70. The summed E-state index contributed by atoms with van der Waals surface area (Å²) in [6.45, 7) is 1.38. The van der Waals surface area contributed by atoms with Crippen LogP contribution in [0.1, 0.15) is 18.4 Å². The Morgan fingerprint density at radius 3 is 2.87 bits per heavy atom. The lowest BCUT2D eigenvalue weighted by molar-refractivity contribution is 0.643. The molecule has 6 nitrogen and oxygen atoms in total. The summed E-state index contributed by atoms with van der Waals surface area (Å²) >= 11 is 0. The van der Waals surface area contributed by atoms with Crippen molar-refractivity contribution in [2.45, 2.75) is 25.8 Å². The SMILES string of the molecule is N#CCCn1ncc2c(NCCCc3ccccc3)ncnc21. The first-order valence-corrected chi connectivity index (χ1v) is 7.70. The van der Waals surface area contributed by atoms with Crippen LogP contribution in [0.5, 0.6) is 0 Å². The smallest absolute Gasteiger partial charge is 0.163 e. The van der Waals surface area contributed by atoms with E-state index < -0.39 is 0 Å². The molecule has 0 aliphatic carbocycles. The maximum atomic E-state index is 8.69. The monoisotopic (exact) mass is 306 g/mol. The van der Waals surface area contributed by atoms with Gasteiger partial charge in [-0.25, -0.2) is 14.6 Å². The van der Waals surface area contributed by atoms with Gasteiger partial charge < -0.3 is 5.32 Å². The molecule has 0 bridgehead atoms. The zero-order valence-corrected chi connectivity index (χ0v) is 12.8. The van der Waals surface area contributed by atoms with E-state index in [-0.39, 0.29) is 0 Å². The summed E-state index contributed by atoms with van der Waals surface area (Å²) in [6, 6.07) is 12.6. The number of nitrogens with one attached hydrogen (secondary N) is 1. The molecule has 0 aliphatic heterocycles. The Morgan fingerprint density at radius 1 is 1.17 bits per heavy atom. The molecule has 0 radical (unpaired) electrons. The molecule has 0 atom stereocenters. The third kappa shape index (κ3) is 3.64. The van der Waals surface area contributed by atoms with E-state index in [1.54, 1.807) is 10.9 Å². The molecule has 0 spiro atoms. The van der Waals surface area contributed by atoms with Crippen LogP contribution in [-0.4, -0.2) is 26.3 Å². The number of anilines is 1. The van der Waals surface area contributed by atoms with Crippen LogP contribution in [0, 0.1) is 11.3 Å². The van der Waals surface area contributed by atoms with E-state index >= 15 is 0 Å². The highest BCUT2D eigenvalue weighted by molar-refractivity contribution is 5.85. The molecular formula is C17H18N6. The van der Waals surface area contributed by atoms with Gasteiger partial charge in [0.05, 0.1) is 30.6 Å². The Hall–Kier alpha value is -2.94. The van der Waals surface area contributed by atoms with Crippen LogP contribution in [0.25, 0.3) is 11.0 Å². The summed E-state index contributed by atoms with van der Waals surface area (Å²) in [5.74, 6) is 0.797. The number of hydrogen-bond acceptors (Lipinski definition) is 5. The highest BCUT2D eigenvalue weighted by atomic mass is 15.3. The molecule has 0 unspecified atom stereocenters. The van der Waals surface area contributed by atoms with Crippen molar-refractivity contribution in [3.63, 3.8) is 0 Å². The number of fused-ring (bicyclic) bond motifs is 1. The van der Waals surface area contributed by atoms with E-state index in [1.807, 2.05) is 6.07 Å². The summed E-state index contributed by atoms with van der Waals surface area (Å²) in [4.78, 5) is 8.57. The normalized spacial score (nSPS) is 10.6. The summed E-state index contributed by atoms with van der Waals surface area (Å²) < 4.78 is 1.75. The molecule has 0 amide bonds. The van der Waals surface area contributed by atoms with Gasteiger partial charge in [-0.05, 0) is 18.4 Å². The molecule has 116 valence electrons. The van der Waals surface area contributed by atoms with Crippen LogP contribution in [0.2, 0.25) is 0 Å². The third-order valence-electron chi connectivity index (χ3n) is 3.65. The zero-order valence-electron chi connectivity index (χ0n) is 12.8. The molecule has 0 saturated heterocycles. The molecule has 23 heavy (non-hydrogen) atoms. The van der Waals surface area contributed by atoms with Gasteiger partial charge in [0.15, 0.2) is 5.65 Å². The Kier molecular flexibility index (Phi) is 4.79. The number of hydrogen-bond donors (Lipinski definition) is 1. The molecule has 0 fully saturated rings. The fourth-order valence-corrected chi connectivity index (χ4v) is 2.50. The summed E-state index contributed by atoms with van der Waals surface area (Å²) in [7, 11) is 0. The van der Waals surface area contributed by atoms with Gasteiger partial charge in [0, 0.05) is 6.54 Å². The quantitative estimate of drug-likeness (QED) is 0.679. The van der Waals surface area contributed by atoms with E-state index in [0.29, 0.717) is 13.0 Å². The predicted molar refractivity (Wildman–Crippen MR) is 88.8 cm³/mol. The number of aryl methyl sites for hydroxylation is 2. The summed E-state index contributed by atoms with van der Waals surface area (Å²) in [6.07, 6.45) is 5.76. The highest BCUT2D eigenvalue weighted by Crippen LogP contribution is 2.18. The van der Waals surface area contributed by atoms with Crippen molar-refractivity contribution in [1.29, 1.82) is 5.26 Å². The Morgan fingerprint density at radius 2 is 2.04 bits per heavy atom. The van der Waals surface area contributed by atoms with Crippen molar-refractivity contribution in [2.75, 3.05) is 11.9 Å². The average molecular weight is 306 g/mol. The standard InChI is InChI=1S/C17H18N6/c18-9-5-11-23-17-15(12-22-23)16(20-13-21-17)19-10-4-8-14-6-2-1-3-7-14/h1-3,6-7,12-13H,4-5,8,10-11H2,(H,19,20,21). The first kappa shape index (κ1) is 15.0. The van der Waals surface area contributed by atoms with E-state index in [1.165, 1.54) is 11.9 Å². The third-order valence-corrected chi connectivity index (χ3v) is 3.65. The minimum Gasteiger partial charge on any atom is -0.369 e. The average Bonchev–Trinajstić information content (AvgIpc) is 3.02. The lowest BCUT2D eigenvalue weighted by Crippen LogP contribution is -2.06. The maximum absolute atomic E-state index is 8.69. The van der Waals surface area contributed by atoms with Crippen molar-refractivity contribution in [1.82, 2.24) is 19.7 Å². The van der Waals surface area contributed by atoms with Crippen molar-refractivity contribution in [3.05, 3.63) is 48.4 Å². The van der Waals surface area contributed by atoms with Crippen LogP contribution in [0.4, 0.5) is 5.82 Å². The Bertz CT molecular complexity index is 803. The molecule has 2 heterocycles. The zero-order chi connectivity index (χ0) is 15.9. The molecule has 6 heteroatoms. The number of benzene rings is 1. The van der Waals surface area contributed by atoms with Gasteiger partial charge in [0.2, 0.25) is 0 Å². The van der Waals surface area contributed by atoms with Crippen molar-refractivity contribution in [2.24, 2.45) is 0 Å². The second-order valence-electron chi connectivity index (χ2n) is 5.25. The van der Waals surface area contributed by atoms with Crippen LogP contribution >= 0.6 is 0 Å². The molecule has 3 rings (SSSR count). The van der Waals surface area contributed by atoms with Gasteiger partial charge in [-0.1, -0.05) is 30.3 Å². The molecule has 2 aromatic heterocycles.